The molecule has 0 fully saturated rings. The summed E-state index contributed by atoms with van der Waals surface area (Å²) in [4.78, 5) is 2.06. The summed E-state index contributed by atoms with van der Waals surface area (Å²) in [6, 6.07) is 13.7. The van der Waals surface area contributed by atoms with E-state index in [9.17, 15) is 0 Å². The van der Waals surface area contributed by atoms with Crippen LogP contribution in [0.15, 0.2) is 42.5 Å². The van der Waals surface area contributed by atoms with Gasteiger partial charge in [0.2, 0.25) is 0 Å². The molecule has 4 nitrogen and oxygen atoms in total. The summed E-state index contributed by atoms with van der Waals surface area (Å²) in [5, 5.41) is 17.0. The van der Waals surface area contributed by atoms with Crippen molar-refractivity contribution >= 4 is 11.5 Å². The summed E-state index contributed by atoms with van der Waals surface area (Å²) in [5.74, 6) is 0.788. The Morgan fingerprint density at radius 1 is 1.06 bits per heavy atom. The maximum Gasteiger partial charge on any atom is 0.155 e. The van der Waals surface area contributed by atoms with Crippen molar-refractivity contribution in [1.82, 2.24) is 10.2 Å². The largest absolute Gasteiger partial charge is 0.390 e. The van der Waals surface area contributed by atoms with Gasteiger partial charge in [0, 0.05) is 12.2 Å². The maximum absolute atomic E-state index is 8.93. The number of nitrogens with zero attached hydrogens (tertiary/aromatic N) is 3. The van der Waals surface area contributed by atoms with Crippen LogP contribution in [-0.2, 0) is 6.61 Å². The first kappa shape index (κ1) is 11.5. The molecule has 0 bridgehead atoms. The van der Waals surface area contributed by atoms with E-state index in [1.165, 1.54) is 0 Å². The highest BCUT2D eigenvalue weighted by molar-refractivity contribution is 5.59. The zero-order valence-corrected chi connectivity index (χ0v) is 9.74. The monoisotopic (exact) mass is 229 g/mol. The first-order valence-corrected chi connectivity index (χ1v) is 5.61. The molecule has 0 atom stereocenters. The van der Waals surface area contributed by atoms with Crippen molar-refractivity contribution in [3.05, 3.63) is 48.2 Å². The molecule has 1 aromatic heterocycles. The minimum absolute atomic E-state index is 0.0786. The topological polar surface area (TPSA) is 49.2 Å². The summed E-state index contributed by atoms with van der Waals surface area (Å²) >= 11 is 0. The van der Waals surface area contributed by atoms with E-state index >= 15 is 0 Å². The van der Waals surface area contributed by atoms with E-state index in [0.717, 1.165) is 18.1 Å². The predicted octanol–water partition coefficient (Wildman–Crippen LogP) is 2.13. The Hall–Kier alpha value is -1.94. The van der Waals surface area contributed by atoms with E-state index in [0.29, 0.717) is 5.69 Å². The number of aromatic nitrogens is 2. The van der Waals surface area contributed by atoms with Gasteiger partial charge in [-0.1, -0.05) is 18.2 Å². The zero-order valence-electron chi connectivity index (χ0n) is 9.74. The summed E-state index contributed by atoms with van der Waals surface area (Å²) < 4.78 is 0. The number of anilines is 2. The van der Waals surface area contributed by atoms with Gasteiger partial charge in [-0.15, -0.1) is 5.10 Å². The molecule has 17 heavy (non-hydrogen) atoms. The van der Waals surface area contributed by atoms with Crippen molar-refractivity contribution in [2.45, 2.75) is 13.5 Å². The standard InChI is InChI=1S/C13H15N3O/c1-2-16(12-6-4-3-5-7-12)13-9-8-11(10-17)14-15-13/h3-9,17H,2,10H2,1H3. The molecule has 0 unspecified atom stereocenters. The number of aliphatic hydroxyl groups is 1. The molecule has 0 amide bonds. The van der Waals surface area contributed by atoms with E-state index in [-0.39, 0.29) is 6.61 Å². The van der Waals surface area contributed by atoms with Crippen molar-refractivity contribution in [2.75, 3.05) is 11.4 Å². The molecule has 1 aromatic carbocycles. The molecule has 4 heteroatoms. The molecule has 2 aromatic rings. The highest BCUT2D eigenvalue weighted by Crippen LogP contribution is 2.21. The van der Waals surface area contributed by atoms with E-state index in [2.05, 4.69) is 22.0 Å². The van der Waals surface area contributed by atoms with Crippen molar-refractivity contribution in [2.24, 2.45) is 0 Å². The third kappa shape index (κ3) is 2.60. The van der Waals surface area contributed by atoms with Crippen LogP contribution in [0.1, 0.15) is 12.6 Å². The van der Waals surface area contributed by atoms with E-state index in [1.807, 2.05) is 36.4 Å². The van der Waals surface area contributed by atoms with Gasteiger partial charge in [-0.2, -0.15) is 5.10 Å². The normalized spacial score (nSPS) is 10.2. The van der Waals surface area contributed by atoms with Crippen molar-refractivity contribution in [1.29, 1.82) is 0 Å². The number of benzene rings is 1. The summed E-state index contributed by atoms with van der Waals surface area (Å²) in [5.41, 5.74) is 1.67. The smallest absolute Gasteiger partial charge is 0.155 e. The summed E-state index contributed by atoms with van der Waals surface area (Å²) in [7, 11) is 0. The molecule has 0 saturated carbocycles. The molecule has 88 valence electrons. The molecule has 0 aliphatic carbocycles. The third-order valence-electron chi connectivity index (χ3n) is 2.53. The Morgan fingerprint density at radius 3 is 2.35 bits per heavy atom. The lowest BCUT2D eigenvalue weighted by Gasteiger charge is -2.21. The Labute approximate surface area is 101 Å². The van der Waals surface area contributed by atoms with Gasteiger partial charge in [0.25, 0.3) is 0 Å². The molecule has 2 rings (SSSR count). The lowest BCUT2D eigenvalue weighted by atomic mass is 10.3. The number of hydrogen-bond donors (Lipinski definition) is 1. The van der Waals surface area contributed by atoms with E-state index < -0.39 is 0 Å². The lowest BCUT2D eigenvalue weighted by Crippen LogP contribution is -2.17. The average Bonchev–Trinajstić information content (AvgIpc) is 2.42. The van der Waals surface area contributed by atoms with Gasteiger partial charge in [0.1, 0.15) is 0 Å². The van der Waals surface area contributed by atoms with Crippen molar-refractivity contribution in [3.63, 3.8) is 0 Å². The summed E-state index contributed by atoms with van der Waals surface area (Å²) in [6.07, 6.45) is 0. The fraction of sp³-hybridized carbons (Fsp3) is 0.231. The average molecular weight is 229 g/mol. The van der Waals surface area contributed by atoms with E-state index in [1.54, 1.807) is 6.07 Å². The fourth-order valence-electron chi connectivity index (χ4n) is 1.67. The van der Waals surface area contributed by atoms with Crippen LogP contribution in [0, 0.1) is 0 Å². The molecule has 0 spiro atoms. The van der Waals surface area contributed by atoms with Gasteiger partial charge in [-0.05, 0) is 31.2 Å². The lowest BCUT2D eigenvalue weighted by molar-refractivity contribution is 0.275. The maximum atomic E-state index is 8.93. The van der Waals surface area contributed by atoms with Crippen LogP contribution in [0.2, 0.25) is 0 Å². The number of hydrogen-bond acceptors (Lipinski definition) is 4. The summed E-state index contributed by atoms with van der Waals surface area (Å²) in [6.45, 7) is 2.80. The van der Waals surface area contributed by atoms with Crippen LogP contribution in [0.4, 0.5) is 11.5 Å². The van der Waals surface area contributed by atoms with Crippen LogP contribution in [0.25, 0.3) is 0 Å². The Morgan fingerprint density at radius 2 is 1.82 bits per heavy atom. The van der Waals surface area contributed by atoms with E-state index in [4.69, 9.17) is 5.11 Å². The highest BCUT2D eigenvalue weighted by Gasteiger charge is 2.08. The second-order valence-electron chi connectivity index (χ2n) is 3.62. The minimum atomic E-state index is -0.0786. The fourth-order valence-corrected chi connectivity index (χ4v) is 1.67. The predicted molar refractivity (Wildman–Crippen MR) is 67.1 cm³/mol. The molecule has 0 aliphatic rings. The SMILES string of the molecule is CCN(c1ccccc1)c1ccc(CO)nn1. The van der Waals surface area contributed by atoms with Crippen molar-refractivity contribution < 1.29 is 5.11 Å². The number of aliphatic hydroxyl groups excluding tert-OH is 1. The molecule has 0 radical (unpaired) electrons. The van der Waals surface area contributed by atoms with Crippen LogP contribution in [0.5, 0.6) is 0 Å². The van der Waals surface area contributed by atoms with Gasteiger partial charge in [0.05, 0.1) is 12.3 Å². The van der Waals surface area contributed by atoms with Gasteiger partial charge in [0.15, 0.2) is 5.82 Å². The van der Waals surface area contributed by atoms with Crippen LogP contribution in [0.3, 0.4) is 0 Å². The number of para-hydroxylation sites is 1. The van der Waals surface area contributed by atoms with Gasteiger partial charge >= 0.3 is 0 Å². The van der Waals surface area contributed by atoms with Crippen LogP contribution in [-0.4, -0.2) is 21.8 Å². The first-order chi connectivity index (χ1) is 8.35. The molecule has 0 saturated heterocycles. The van der Waals surface area contributed by atoms with Gasteiger partial charge in [-0.3, -0.25) is 0 Å². The molecule has 1 N–H and O–H groups in total. The Balaban J connectivity index is 2.29. The van der Waals surface area contributed by atoms with Crippen LogP contribution < -0.4 is 4.90 Å². The molecular formula is C13H15N3O. The van der Waals surface area contributed by atoms with Crippen LogP contribution >= 0.6 is 0 Å². The molecule has 1 heterocycles. The zero-order chi connectivity index (χ0) is 12.1. The van der Waals surface area contributed by atoms with Crippen molar-refractivity contribution in [3.8, 4) is 0 Å². The number of rotatable bonds is 4. The molecular weight excluding hydrogens is 214 g/mol. The molecule has 0 aliphatic heterocycles. The Kier molecular flexibility index (Phi) is 3.67. The quantitative estimate of drug-likeness (QED) is 0.872. The Bertz CT molecular complexity index is 456. The second-order valence-corrected chi connectivity index (χ2v) is 3.62. The highest BCUT2D eigenvalue weighted by atomic mass is 16.3. The van der Waals surface area contributed by atoms with Gasteiger partial charge < -0.3 is 10.0 Å². The third-order valence-corrected chi connectivity index (χ3v) is 2.53. The van der Waals surface area contributed by atoms with Gasteiger partial charge in [-0.25, -0.2) is 0 Å². The second kappa shape index (κ2) is 5.41. The minimum Gasteiger partial charge on any atom is -0.390 e. The first-order valence-electron chi connectivity index (χ1n) is 5.61.